The van der Waals surface area contributed by atoms with Crippen molar-refractivity contribution in [1.29, 1.82) is 0 Å². The number of hydrogen-bond acceptors (Lipinski definition) is 0. The van der Waals surface area contributed by atoms with Crippen molar-refractivity contribution >= 4 is 25.6 Å². The molecule has 0 atom stereocenters. The van der Waals surface area contributed by atoms with Crippen molar-refractivity contribution in [1.82, 2.24) is 0 Å². The van der Waals surface area contributed by atoms with Gasteiger partial charge in [-0.1, -0.05) is 0 Å². The maximum absolute atomic E-state index is 6.53. The Morgan fingerprint density at radius 1 is 0.689 bits per heavy atom. The zero-order valence-electron chi connectivity index (χ0n) is 27.2. The van der Waals surface area contributed by atoms with Gasteiger partial charge in [0.25, 0.3) is 0 Å². The zero-order chi connectivity index (χ0) is 31.5. The molecule has 45 heavy (non-hydrogen) atoms. The molecule has 0 saturated heterocycles. The van der Waals surface area contributed by atoms with Gasteiger partial charge in [0.05, 0.1) is 0 Å². The van der Waals surface area contributed by atoms with Gasteiger partial charge in [-0.05, 0) is 0 Å². The summed E-state index contributed by atoms with van der Waals surface area (Å²) in [6.45, 7) is 14.0. The van der Waals surface area contributed by atoms with Gasteiger partial charge in [-0.25, -0.2) is 0 Å². The Kier molecular flexibility index (Phi) is 7.87. The van der Waals surface area contributed by atoms with Crippen molar-refractivity contribution in [3.8, 4) is 11.1 Å². The van der Waals surface area contributed by atoms with Crippen molar-refractivity contribution in [3.05, 3.63) is 163 Å². The van der Waals surface area contributed by atoms with Crippen LogP contribution in [0.3, 0.4) is 0 Å². The van der Waals surface area contributed by atoms with Crippen LogP contribution in [-0.2, 0) is 32.1 Å². The van der Waals surface area contributed by atoms with Crippen LogP contribution in [0.4, 0.5) is 0 Å². The van der Waals surface area contributed by atoms with Crippen LogP contribution in [0.1, 0.15) is 85.0 Å². The van der Waals surface area contributed by atoms with Crippen LogP contribution in [0.25, 0.3) is 21.9 Å². The number of allylic oxidation sites excluding steroid dienone is 4. The van der Waals surface area contributed by atoms with E-state index in [0.29, 0.717) is 3.63 Å². The molecule has 0 amide bonds. The molecule has 0 unspecified atom stereocenters. The van der Waals surface area contributed by atoms with Crippen molar-refractivity contribution < 1.29 is 21.3 Å². The summed E-state index contributed by atoms with van der Waals surface area (Å²) in [7, 11) is 0. The topological polar surface area (TPSA) is 0 Å². The van der Waals surface area contributed by atoms with Crippen molar-refractivity contribution in [2.75, 3.05) is 0 Å². The Morgan fingerprint density at radius 3 is 1.87 bits per heavy atom. The minimum absolute atomic E-state index is 0.0704. The molecule has 0 bridgehead atoms. The average Bonchev–Trinajstić information content (AvgIpc) is 3.66. The molecule has 0 heterocycles. The summed E-state index contributed by atoms with van der Waals surface area (Å²) in [5.41, 5.74) is 11.5. The number of halogens is 1. The molecule has 5 aromatic carbocycles. The molecule has 0 saturated carbocycles. The van der Waals surface area contributed by atoms with E-state index in [4.69, 9.17) is 11.6 Å². The van der Waals surface area contributed by atoms with E-state index in [2.05, 4.69) is 163 Å². The monoisotopic (exact) mass is 682 g/mol. The van der Waals surface area contributed by atoms with Crippen molar-refractivity contribution in [2.24, 2.45) is 0 Å². The first-order chi connectivity index (χ1) is 21.5. The second-order valence-corrected chi connectivity index (χ2v) is 21.4. The molecule has 224 valence electrons. The number of rotatable bonds is 4. The Hall–Kier alpha value is -3.12. The van der Waals surface area contributed by atoms with E-state index in [1.807, 2.05) is 0 Å². The predicted molar refractivity (Wildman–Crippen MR) is 192 cm³/mol. The van der Waals surface area contributed by atoms with Gasteiger partial charge in [-0.3, -0.25) is 0 Å². The van der Waals surface area contributed by atoms with Crippen LogP contribution in [-0.4, -0.2) is 3.21 Å². The molecule has 0 aromatic heterocycles. The van der Waals surface area contributed by atoms with Gasteiger partial charge in [-0.2, -0.15) is 0 Å². The second kappa shape index (κ2) is 11.6. The summed E-state index contributed by atoms with van der Waals surface area (Å²) in [6, 6.07) is 39.2. The predicted octanol–water partition coefficient (Wildman–Crippen LogP) is 11.9. The molecule has 2 aliphatic carbocycles. The van der Waals surface area contributed by atoms with Gasteiger partial charge >= 0.3 is 283 Å². The van der Waals surface area contributed by atoms with E-state index in [0.717, 1.165) is 11.4 Å². The molecule has 0 N–H and O–H groups in total. The van der Waals surface area contributed by atoms with Gasteiger partial charge in [-0.15, -0.1) is 0 Å². The Balaban J connectivity index is 1.64. The summed E-state index contributed by atoms with van der Waals surface area (Å²) in [5, 5.41) is 3.41. The fourth-order valence-electron chi connectivity index (χ4n) is 7.16. The number of fused-ring (bicyclic) bond motifs is 4. The quantitative estimate of drug-likeness (QED) is 0.177. The van der Waals surface area contributed by atoms with E-state index in [-0.39, 0.29) is 10.8 Å². The van der Waals surface area contributed by atoms with E-state index in [1.165, 1.54) is 55.3 Å². The summed E-state index contributed by atoms with van der Waals surface area (Å²) >= 11 is 3.67. The first kappa shape index (κ1) is 30.5. The summed E-state index contributed by atoms with van der Waals surface area (Å²) < 4.78 is 3.58. The standard InChI is InChI=1S/C21H25.C17H11Cl.C5H5.Zr/c1-20(2,3)16-7-9-18-14(12-16)11-15-13-17(21(4,5)6)8-10-19(15)18;18-16-10-8-13(9-11-16)12-15-6-3-5-14-4-1-2-7-17(14)15;1-2-4-5-3-1;/h7-13H,1-6H3;1-11H;1-3H,4H2;. The van der Waals surface area contributed by atoms with Crippen LogP contribution in [0.15, 0.2) is 125 Å². The molecule has 0 radical (unpaired) electrons. The zero-order valence-corrected chi connectivity index (χ0v) is 30.4. The summed E-state index contributed by atoms with van der Waals surface area (Å²) in [5.74, 6) is 0. The fourth-order valence-corrected chi connectivity index (χ4v) is 16.3. The van der Waals surface area contributed by atoms with Gasteiger partial charge in [0.2, 0.25) is 0 Å². The fraction of sp³-hybridized carbons (Fsp3) is 0.233. The van der Waals surface area contributed by atoms with E-state index >= 15 is 0 Å². The number of benzene rings is 5. The molecule has 0 aliphatic heterocycles. The van der Waals surface area contributed by atoms with E-state index in [1.54, 1.807) is 6.49 Å². The third kappa shape index (κ3) is 5.62. The molecular formula is C43H41ClZr. The molecule has 7 rings (SSSR count). The molecular weight excluding hydrogens is 643 g/mol. The Labute approximate surface area is 281 Å². The SMILES string of the molecule is CC(C)(C)c1ccc2c(c1)[CH]([Zr]([C]1=CC=CC1)=[C](c1ccc(Cl)cc1)c1cccc3ccccc13)c1cc(C(C)(C)C)ccc1-2. The first-order valence-corrected chi connectivity index (χ1v) is 20.4. The molecule has 0 fully saturated rings. The molecule has 0 nitrogen and oxygen atoms in total. The van der Waals surface area contributed by atoms with Crippen LogP contribution in [0.5, 0.6) is 0 Å². The summed E-state index contributed by atoms with van der Waals surface area (Å²) in [4.78, 5) is 0. The molecule has 2 aliphatic rings. The van der Waals surface area contributed by atoms with Crippen LogP contribution in [0, 0.1) is 0 Å². The van der Waals surface area contributed by atoms with Crippen molar-refractivity contribution in [3.63, 3.8) is 0 Å². The normalized spacial score (nSPS) is 15.2. The van der Waals surface area contributed by atoms with Crippen LogP contribution >= 0.6 is 11.6 Å². The maximum atomic E-state index is 6.53. The van der Waals surface area contributed by atoms with Gasteiger partial charge < -0.3 is 0 Å². The average molecular weight is 684 g/mol. The Morgan fingerprint density at radius 2 is 1.29 bits per heavy atom. The van der Waals surface area contributed by atoms with Crippen LogP contribution in [0.2, 0.25) is 5.02 Å². The molecule has 5 aromatic rings. The third-order valence-corrected chi connectivity index (χ3v) is 18.1. The second-order valence-electron chi connectivity index (χ2n) is 14.7. The van der Waals surface area contributed by atoms with E-state index < -0.39 is 21.3 Å². The summed E-state index contributed by atoms with van der Waals surface area (Å²) in [6.07, 6.45) is 8.17. The van der Waals surface area contributed by atoms with Gasteiger partial charge in [0.1, 0.15) is 0 Å². The van der Waals surface area contributed by atoms with Crippen molar-refractivity contribution in [2.45, 2.75) is 62.4 Å². The Bertz CT molecular complexity index is 1970. The number of hydrogen-bond donors (Lipinski definition) is 0. The third-order valence-electron chi connectivity index (χ3n) is 9.61. The van der Waals surface area contributed by atoms with Gasteiger partial charge in [0, 0.05) is 0 Å². The molecule has 0 spiro atoms. The molecule has 2 heteroatoms. The minimum atomic E-state index is -2.86. The van der Waals surface area contributed by atoms with Crippen LogP contribution < -0.4 is 0 Å². The first-order valence-electron chi connectivity index (χ1n) is 16.1. The van der Waals surface area contributed by atoms with Gasteiger partial charge in [0.15, 0.2) is 0 Å². The van der Waals surface area contributed by atoms with E-state index in [9.17, 15) is 0 Å².